The third-order valence-electron chi connectivity index (χ3n) is 4.68. The van der Waals surface area contributed by atoms with Crippen LogP contribution in [0.4, 0.5) is 5.69 Å². The van der Waals surface area contributed by atoms with Gasteiger partial charge in [0.1, 0.15) is 18.1 Å². The van der Waals surface area contributed by atoms with Crippen molar-refractivity contribution in [3.8, 4) is 11.5 Å². The van der Waals surface area contributed by atoms with Crippen LogP contribution in [0.2, 0.25) is 0 Å². The van der Waals surface area contributed by atoms with Gasteiger partial charge in [-0.25, -0.2) is 0 Å². The maximum absolute atomic E-state index is 12.4. The fraction of sp³-hybridized carbons (Fsp3) is 0.286. The highest BCUT2D eigenvalue weighted by Crippen LogP contribution is 2.26. The Balaban J connectivity index is 1.54. The molecule has 0 bridgehead atoms. The molecule has 3 rings (SSSR count). The highest BCUT2D eigenvalue weighted by molar-refractivity contribution is 9.10. The zero-order valence-corrected chi connectivity index (χ0v) is 19.6. The molecule has 0 aliphatic carbocycles. The van der Waals surface area contributed by atoms with Crippen LogP contribution in [0.3, 0.4) is 0 Å². The topological polar surface area (TPSA) is 78.3 Å². The minimum absolute atomic E-state index is 0.0937. The van der Waals surface area contributed by atoms with E-state index in [4.69, 9.17) is 9.47 Å². The number of halogens is 1. The summed E-state index contributed by atoms with van der Waals surface area (Å²) in [6.07, 6.45) is 0. The third-order valence-corrected chi connectivity index (χ3v) is 6.56. The largest absolute Gasteiger partial charge is 0.497 e. The van der Waals surface area contributed by atoms with Crippen molar-refractivity contribution < 1.29 is 14.3 Å². The minimum atomic E-state index is -0.0937. The lowest BCUT2D eigenvalue weighted by Crippen LogP contribution is -2.15. The van der Waals surface area contributed by atoms with Gasteiger partial charge in [-0.15, -0.1) is 10.2 Å². The van der Waals surface area contributed by atoms with Crippen LogP contribution < -0.4 is 14.8 Å². The molecular weight excluding hydrogens is 468 g/mol. The molecule has 0 fully saturated rings. The van der Waals surface area contributed by atoms with Crippen LogP contribution in [0, 0.1) is 13.8 Å². The summed E-state index contributed by atoms with van der Waals surface area (Å²) in [7, 11) is 3.48. The van der Waals surface area contributed by atoms with Gasteiger partial charge in [-0.05, 0) is 61.4 Å². The SMILES string of the molecule is COc1ccc(OCc2nnc(SCC(=O)Nc3ccc(Br)c(C)c3C)n2C)cc1. The molecule has 0 saturated carbocycles. The highest BCUT2D eigenvalue weighted by Gasteiger charge is 2.13. The number of hydrogen-bond acceptors (Lipinski definition) is 6. The van der Waals surface area contributed by atoms with Crippen LogP contribution in [0.15, 0.2) is 46.0 Å². The van der Waals surface area contributed by atoms with E-state index in [1.165, 1.54) is 11.8 Å². The van der Waals surface area contributed by atoms with Crippen LogP contribution in [-0.4, -0.2) is 33.5 Å². The van der Waals surface area contributed by atoms with Crippen LogP contribution in [-0.2, 0) is 18.4 Å². The second-order valence-corrected chi connectivity index (χ2v) is 8.40. The first-order valence-corrected chi connectivity index (χ1v) is 11.0. The standard InChI is InChI=1S/C21H23BrN4O3S/c1-13-14(2)18(10-9-17(13)22)23-20(27)12-30-21-25-24-19(26(21)3)11-29-16-7-5-15(28-4)6-8-16/h5-10H,11-12H2,1-4H3,(H,23,27). The molecule has 7 nitrogen and oxygen atoms in total. The van der Waals surface area contributed by atoms with Gasteiger partial charge < -0.3 is 19.4 Å². The summed E-state index contributed by atoms with van der Waals surface area (Å²) in [5.74, 6) is 2.30. The van der Waals surface area contributed by atoms with Gasteiger partial charge in [0.2, 0.25) is 5.91 Å². The number of carbonyl (C=O) groups is 1. The van der Waals surface area contributed by atoms with Crippen LogP contribution in [0.25, 0.3) is 0 Å². The smallest absolute Gasteiger partial charge is 0.234 e. The van der Waals surface area contributed by atoms with Crippen molar-refractivity contribution in [1.82, 2.24) is 14.8 Å². The predicted octanol–water partition coefficient (Wildman–Crippen LogP) is 4.51. The van der Waals surface area contributed by atoms with E-state index in [9.17, 15) is 4.79 Å². The van der Waals surface area contributed by atoms with Crippen molar-refractivity contribution in [3.05, 3.63) is 57.8 Å². The molecule has 9 heteroatoms. The second kappa shape index (κ2) is 9.99. The molecular formula is C21H23BrN4O3S. The summed E-state index contributed by atoms with van der Waals surface area (Å²) >= 11 is 4.83. The van der Waals surface area contributed by atoms with Gasteiger partial charge in [0.25, 0.3) is 0 Å². The van der Waals surface area contributed by atoms with Gasteiger partial charge in [-0.3, -0.25) is 4.79 Å². The lowest BCUT2D eigenvalue weighted by atomic mass is 10.1. The van der Waals surface area contributed by atoms with Crippen LogP contribution in [0.5, 0.6) is 11.5 Å². The Hall–Kier alpha value is -2.52. The van der Waals surface area contributed by atoms with Gasteiger partial charge in [0, 0.05) is 17.2 Å². The summed E-state index contributed by atoms with van der Waals surface area (Å²) < 4.78 is 13.7. The molecule has 2 aromatic carbocycles. The number of nitrogens with one attached hydrogen (secondary N) is 1. The summed E-state index contributed by atoms with van der Waals surface area (Å²) in [5.41, 5.74) is 2.96. The Morgan fingerprint density at radius 2 is 1.80 bits per heavy atom. The fourth-order valence-corrected chi connectivity index (χ4v) is 3.82. The molecule has 1 aromatic heterocycles. The first kappa shape index (κ1) is 22.2. The summed E-state index contributed by atoms with van der Waals surface area (Å²) in [4.78, 5) is 12.4. The minimum Gasteiger partial charge on any atom is -0.497 e. The van der Waals surface area contributed by atoms with Crippen molar-refractivity contribution in [2.75, 3.05) is 18.2 Å². The lowest BCUT2D eigenvalue weighted by molar-refractivity contribution is -0.113. The molecule has 1 amide bonds. The van der Waals surface area contributed by atoms with Crippen molar-refractivity contribution in [3.63, 3.8) is 0 Å². The van der Waals surface area contributed by atoms with Gasteiger partial charge in [-0.2, -0.15) is 0 Å². The van der Waals surface area contributed by atoms with E-state index in [0.717, 1.165) is 27.0 Å². The summed E-state index contributed by atoms with van der Waals surface area (Å²) in [6.45, 7) is 4.28. The molecule has 0 atom stereocenters. The Kier molecular flexibility index (Phi) is 7.38. The van der Waals surface area contributed by atoms with E-state index >= 15 is 0 Å². The number of methoxy groups -OCH3 is 1. The van der Waals surface area contributed by atoms with Gasteiger partial charge >= 0.3 is 0 Å². The Morgan fingerprint density at radius 3 is 2.50 bits per heavy atom. The van der Waals surface area contributed by atoms with E-state index in [0.29, 0.717) is 16.7 Å². The number of rotatable bonds is 8. The first-order valence-electron chi connectivity index (χ1n) is 9.22. The normalized spacial score (nSPS) is 10.7. The Labute approximate surface area is 188 Å². The number of carbonyl (C=O) groups excluding carboxylic acids is 1. The molecule has 3 aromatic rings. The van der Waals surface area contributed by atoms with Gasteiger partial charge in [-0.1, -0.05) is 27.7 Å². The number of benzene rings is 2. The third kappa shape index (κ3) is 5.34. The van der Waals surface area contributed by atoms with E-state index in [-0.39, 0.29) is 18.3 Å². The number of anilines is 1. The number of ether oxygens (including phenoxy) is 2. The van der Waals surface area contributed by atoms with E-state index in [2.05, 4.69) is 31.4 Å². The monoisotopic (exact) mass is 490 g/mol. The Morgan fingerprint density at radius 1 is 1.10 bits per heavy atom. The van der Waals surface area contributed by atoms with E-state index in [1.807, 2.05) is 61.9 Å². The molecule has 0 saturated heterocycles. The number of amides is 1. The fourth-order valence-electron chi connectivity index (χ4n) is 2.66. The summed E-state index contributed by atoms with van der Waals surface area (Å²) in [6, 6.07) is 11.2. The number of hydrogen-bond donors (Lipinski definition) is 1. The molecule has 0 spiro atoms. The zero-order valence-electron chi connectivity index (χ0n) is 17.2. The van der Waals surface area contributed by atoms with E-state index in [1.54, 1.807) is 7.11 Å². The maximum Gasteiger partial charge on any atom is 0.234 e. The van der Waals surface area contributed by atoms with Gasteiger partial charge in [0.05, 0.1) is 12.9 Å². The molecule has 0 unspecified atom stereocenters. The summed E-state index contributed by atoms with van der Waals surface area (Å²) in [5, 5.41) is 11.9. The number of nitrogens with zero attached hydrogens (tertiary/aromatic N) is 3. The first-order chi connectivity index (χ1) is 14.4. The van der Waals surface area contributed by atoms with Crippen LogP contribution >= 0.6 is 27.7 Å². The van der Waals surface area contributed by atoms with Crippen molar-refractivity contribution in [1.29, 1.82) is 0 Å². The molecule has 0 aliphatic heterocycles. The molecule has 0 radical (unpaired) electrons. The number of thioether (sulfide) groups is 1. The molecule has 0 aliphatic rings. The average Bonchev–Trinajstić information content (AvgIpc) is 3.11. The predicted molar refractivity (Wildman–Crippen MR) is 121 cm³/mol. The van der Waals surface area contributed by atoms with Crippen molar-refractivity contribution >= 4 is 39.3 Å². The van der Waals surface area contributed by atoms with Crippen molar-refractivity contribution in [2.24, 2.45) is 7.05 Å². The van der Waals surface area contributed by atoms with Gasteiger partial charge in [0.15, 0.2) is 11.0 Å². The maximum atomic E-state index is 12.4. The highest BCUT2D eigenvalue weighted by atomic mass is 79.9. The van der Waals surface area contributed by atoms with Crippen LogP contribution in [0.1, 0.15) is 17.0 Å². The molecule has 30 heavy (non-hydrogen) atoms. The molecule has 158 valence electrons. The molecule has 1 heterocycles. The zero-order chi connectivity index (χ0) is 21.7. The second-order valence-electron chi connectivity index (χ2n) is 6.60. The number of aromatic nitrogens is 3. The lowest BCUT2D eigenvalue weighted by Gasteiger charge is -2.11. The van der Waals surface area contributed by atoms with E-state index < -0.39 is 0 Å². The molecule has 1 N–H and O–H groups in total. The average molecular weight is 491 g/mol. The van der Waals surface area contributed by atoms with Crippen molar-refractivity contribution in [2.45, 2.75) is 25.6 Å². The quantitative estimate of drug-likeness (QED) is 0.467. The Bertz CT molecular complexity index is 1040.